The number of aromatic nitrogens is 1. The maximum atomic E-state index is 11.7. The first-order valence-electron chi connectivity index (χ1n) is 9.12. The van der Waals surface area contributed by atoms with Crippen LogP contribution in [0, 0.1) is 5.92 Å². The number of fused-ring (bicyclic) bond motifs is 1. The van der Waals surface area contributed by atoms with E-state index in [0.29, 0.717) is 11.5 Å². The Morgan fingerprint density at radius 2 is 2.21 bits per heavy atom. The van der Waals surface area contributed by atoms with Crippen LogP contribution in [0.15, 0.2) is 30.5 Å². The number of nitrogens with one attached hydrogen (secondary N) is 1. The summed E-state index contributed by atoms with van der Waals surface area (Å²) in [5.41, 5.74) is 1.40. The van der Waals surface area contributed by atoms with Crippen molar-refractivity contribution < 1.29 is 9.90 Å². The Kier molecular flexibility index (Phi) is 4.95. The van der Waals surface area contributed by atoms with Gasteiger partial charge in [0.1, 0.15) is 0 Å². The van der Waals surface area contributed by atoms with Crippen LogP contribution in [-0.4, -0.2) is 28.7 Å². The van der Waals surface area contributed by atoms with E-state index in [1.54, 1.807) is 0 Å². The molecule has 24 heavy (non-hydrogen) atoms. The summed E-state index contributed by atoms with van der Waals surface area (Å²) in [4.78, 5) is 11.7. The molecule has 0 aliphatic carbocycles. The van der Waals surface area contributed by atoms with Crippen LogP contribution in [0.25, 0.3) is 10.9 Å². The SMILES string of the molecule is CCCCC(C)(C1CCCNC1)n1cc(C(=O)O)c2ccccc21. The Balaban J connectivity index is 2.13. The van der Waals surface area contributed by atoms with Gasteiger partial charge >= 0.3 is 5.97 Å². The maximum absolute atomic E-state index is 11.7. The predicted molar refractivity (Wildman–Crippen MR) is 97.7 cm³/mol. The van der Waals surface area contributed by atoms with Crippen molar-refractivity contribution >= 4 is 16.9 Å². The standard InChI is InChI=1S/C20H28N2O2/c1-3-4-11-20(2,15-8-7-12-21-13-15)22-14-17(19(23)24)16-9-5-6-10-18(16)22/h5-6,9-10,14-15,21H,3-4,7-8,11-13H2,1-2H3,(H,23,24). The monoisotopic (exact) mass is 328 g/mol. The second-order valence-electron chi connectivity index (χ2n) is 7.24. The molecule has 1 aromatic carbocycles. The van der Waals surface area contributed by atoms with Gasteiger partial charge in [0.2, 0.25) is 0 Å². The summed E-state index contributed by atoms with van der Waals surface area (Å²) in [5, 5.41) is 14.0. The van der Waals surface area contributed by atoms with Gasteiger partial charge in [-0.1, -0.05) is 38.0 Å². The molecule has 2 heterocycles. The first-order valence-corrected chi connectivity index (χ1v) is 9.12. The van der Waals surface area contributed by atoms with Crippen LogP contribution in [0.5, 0.6) is 0 Å². The number of hydrogen-bond acceptors (Lipinski definition) is 2. The van der Waals surface area contributed by atoms with Crippen molar-refractivity contribution in [2.45, 2.75) is 51.5 Å². The van der Waals surface area contributed by atoms with Crippen molar-refractivity contribution in [1.29, 1.82) is 0 Å². The molecule has 1 aromatic heterocycles. The van der Waals surface area contributed by atoms with Crippen molar-refractivity contribution in [1.82, 2.24) is 9.88 Å². The van der Waals surface area contributed by atoms with Crippen LogP contribution in [0.2, 0.25) is 0 Å². The van der Waals surface area contributed by atoms with Gasteiger partial charge in [0.25, 0.3) is 0 Å². The van der Waals surface area contributed by atoms with Crippen molar-refractivity contribution in [3.63, 3.8) is 0 Å². The van der Waals surface area contributed by atoms with Gasteiger partial charge < -0.3 is 15.0 Å². The van der Waals surface area contributed by atoms with Crippen molar-refractivity contribution in [3.8, 4) is 0 Å². The molecule has 1 aliphatic rings. The smallest absolute Gasteiger partial charge is 0.337 e. The van der Waals surface area contributed by atoms with E-state index < -0.39 is 5.97 Å². The van der Waals surface area contributed by atoms with Crippen LogP contribution in [-0.2, 0) is 5.54 Å². The minimum atomic E-state index is -0.843. The van der Waals surface area contributed by atoms with Gasteiger partial charge in [0.05, 0.1) is 5.56 Å². The largest absolute Gasteiger partial charge is 0.478 e. The van der Waals surface area contributed by atoms with Crippen LogP contribution in [0.1, 0.15) is 56.3 Å². The highest BCUT2D eigenvalue weighted by atomic mass is 16.4. The quantitative estimate of drug-likeness (QED) is 0.834. The maximum Gasteiger partial charge on any atom is 0.337 e. The zero-order valence-electron chi connectivity index (χ0n) is 14.7. The molecule has 2 unspecified atom stereocenters. The summed E-state index contributed by atoms with van der Waals surface area (Å²) in [6, 6.07) is 7.91. The normalized spacial score (nSPS) is 20.8. The van der Waals surface area contributed by atoms with Crippen LogP contribution in [0.4, 0.5) is 0 Å². The van der Waals surface area contributed by atoms with Crippen LogP contribution >= 0.6 is 0 Å². The Hall–Kier alpha value is -1.81. The number of nitrogens with zero attached hydrogens (tertiary/aromatic N) is 1. The lowest BCUT2D eigenvalue weighted by molar-refractivity contribution is 0.0697. The number of carbonyl (C=O) groups is 1. The lowest BCUT2D eigenvalue weighted by atomic mass is 9.77. The van der Waals surface area contributed by atoms with E-state index in [-0.39, 0.29) is 5.54 Å². The molecule has 0 amide bonds. The topological polar surface area (TPSA) is 54.3 Å². The number of unbranched alkanes of at least 4 members (excludes halogenated alkanes) is 1. The van der Waals surface area contributed by atoms with E-state index in [1.165, 1.54) is 12.8 Å². The second-order valence-corrected chi connectivity index (χ2v) is 7.24. The highest BCUT2D eigenvalue weighted by Crippen LogP contribution is 2.39. The van der Waals surface area contributed by atoms with E-state index in [4.69, 9.17) is 0 Å². The third kappa shape index (κ3) is 2.95. The highest BCUT2D eigenvalue weighted by molar-refractivity contribution is 6.03. The zero-order valence-corrected chi connectivity index (χ0v) is 14.7. The van der Waals surface area contributed by atoms with E-state index in [1.807, 2.05) is 24.4 Å². The van der Waals surface area contributed by atoms with Gasteiger partial charge in [-0.3, -0.25) is 0 Å². The Morgan fingerprint density at radius 3 is 2.88 bits per heavy atom. The molecule has 0 bridgehead atoms. The average Bonchev–Trinajstić information content (AvgIpc) is 3.01. The lowest BCUT2D eigenvalue weighted by Crippen LogP contribution is -2.46. The first kappa shape index (κ1) is 17.0. The number of carboxylic acid groups (broad SMARTS) is 1. The summed E-state index contributed by atoms with van der Waals surface area (Å²) in [5.74, 6) is -0.320. The fourth-order valence-electron chi connectivity index (χ4n) is 4.21. The van der Waals surface area contributed by atoms with Crippen LogP contribution in [0.3, 0.4) is 0 Å². The molecular formula is C20H28N2O2. The van der Waals surface area contributed by atoms with Crippen LogP contribution < -0.4 is 5.32 Å². The number of carboxylic acids is 1. The van der Waals surface area contributed by atoms with Crippen molar-refractivity contribution in [2.24, 2.45) is 5.92 Å². The number of hydrogen-bond donors (Lipinski definition) is 2. The first-order chi connectivity index (χ1) is 11.6. The molecule has 2 N–H and O–H groups in total. The molecule has 2 aromatic rings. The Bertz CT molecular complexity index is 715. The van der Waals surface area contributed by atoms with Gasteiger partial charge in [0, 0.05) is 29.2 Å². The van der Waals surface area contributed by atoms with E-state index >= 15 is 0 Å². The minimum absolute atomic E-state index is 0.0588. The molecule has 0 spiro atoms. The summed E-state index contributed by atoms with van der Waals surface area (Å²) in [7, 11) is 0. The number of aromatic carboxylic acids is 1. The van der Waals surface area contributed by atoms with Gasteiger partial charge in [-0.15, -0.1) is 0 Å². The van der Waals surface area contributed by atoms with Crippen molar-refractivity contribution in [2.75, 3.05) is 13.1 Å². The Labute approximate surface area is 143 Å². The van der Waals surface area contributed by atoms with Gasteiger partial charge in [0.15, 0.2) is 0 Å². The number of benzene rings is 1. The average molecular weight is 328 g/mol. The molecule has 4 nitrogen and oxygen atoms in total. The summed E-state index contributed by atoms with van der Waals surface area (Å²) >= 11 is 0. The fraction of sp³-hybridized carbons (Fsp3) is 0.550. The number of rotatable bonds is 6. The molecule has 1 saturated heterocycles. The number of para-hydroxylation sites is 1. The molecule has 3 rings (SSSR count). The molecule has 2 atom stereocenters. The molecule has 4 heteroatoms. The molecular weight excluding hydrogens is 300 g/mol. The fourth-order valence-corrected chi connectivity index (χ4v) is 4.21. The molecule has 1 fully saturated rings. The summed E-state index contributed by atoms with van der Waals surface area (Å²) < 4.78 is 2.26. The predicted octanol–water partition coefficient (Wildman–Crippen LogP) is 4.24. The zero-order chi connectivity index (χ0) is 17.2. The Morgan fingerprint density at radius 1 is 1.42 bits per heavy atom. The second kappa shape index (κ2) is 6.98. The third-order valence-electron chi connectivity index (χ3n) is 5.71. The third-order valence-corrected chi connectivity index (χ3v) is 5.71. The van der Waals surface area contributed by atoms with Gasteiger partial charge in [-0.05, 0) is 44.7 Å². The molecule has 0 radical (unpaired) electrons. The molecule has 0 saturated carbocycles. The lowest BCUT2D eigenvalue weighted by Gasteiger charge is -2.42. The summed E-state index contributed by atoms with van der Waals surface area (Å²) in [6.45, 7) is 6.64. The van der Waals surface area contributed by atoms with Crippen molar-refractivity contribution in [3.05, 3.63) is 36.0 Å². The number of piperidine rings is 1. The molecule has 130 valence electrons. The van der Waals surface area contributed by atoms with E-state index in [2.05, 4.69) is 29.8 Å². The van der Waals surface area contributed by atoms with E-state index in [9.17, 15) is 9.90 Å². The van der Waals surface area contributed by atoms with Gasteiger partial charge in [-0.2, -0.15) is 0 Å². The van der Waals surface area contributed by atoms with Gasteiger partial charge in [-0.25, -0.2) is 4.79 Å². The minimum Gasteiger partial charge on any atom is -0.478 e. The summed E-state index contributed by atoms with van der Waals surface area (Å²) in [6.07, 6.45) is 7.65. The van der Waals surface area contributed by atoms with E-state index in [0.717, 1.165) is 43.3 Å². The highest BCUT2D eigenvalue weighted by Gasteiger charge is 2.37. The molecule has 1 aliphatic heterocycles.